The van der Waals surface area contributed by atoms with Crippen molar-refractivity contribution in [2.24, 2.45) is 4.99 Å². The first-order valence-electron chi connectivity index (χ1n) is 10.8. The number of carbonyl (C=O) groups is 1. The Morgan fingerprint density at radius 1 is 0.833 bits per heavy atom. The smallest absolute Gasteiger partial charge is 0.239 e. The van der Waals surface area contributed by atoms with Crippen molar-refractivity contribution in [3.8, 4) is 0 Å². The Kier molecular flexibility index (Phi) is 8.72. The lowest BCUT2D eigenvalue weighted by Crippen LogP contribution is -2.42. The molecule has 0 aromatic heterocycles. The summed E-state index contributed by atoms with van der Waals surface area (Å²) in [4.78, 5) is 18.8. The molecule has 30 heavy (non-hydrogen) atoms. The van der Waals surface area contributed by atoms with E-state index >= 15 is 0 Å². The summed E-state index contributed by atoms with van der Waals surface area (Å²) in [6.07, 6.45) is 4.00. The number of rotatable bonds is 8. The zero-order valence-electron chi connectivity index (χ0n) is 17.9. The third-order valence-corrected chi connectivity index (χ3v) is 5.31. The van der Waals surface area contributed by atoms with Gasteiger partial charge in [0.15, 0.2) is 5.96 Å². The highest BCUT2D eigenvalue weighted by atomic mass is 16.1. The van der Waals surface area contributed by atoms with E-state index in [1.807, 2.05) is 30.3 Å². The molecule has 1 heterocycles. The van der Waals surface area contributed by atoms with E-state index in [1.54, 1.807) is 7.05 Å². The molecule has 0 aliphatic carbocycles. The maximum absolute atomic E-state index is 12.1. The Balaban J connectivity index is 1.36. The molecule has 0 saturated carbocycles. The minimum atomic E-state index is -0.0659. The Morgan fingerprint density at radius 2 is 1.47 bits per heavy atom. The van der Waals surface area contributed by atoms with Crippen LogP contribution in [0.2, 0.25) is 0 Å². The van der Waals surface area contributed by atoms with Gasteiger partial charge >= 0.3 is 0 Å². The van der Waals surface area contributed by atoms with E-state index in [9.17, 15) is 4.79 Å². The summed E-state index contributed by atoms with van der Waals surface area (Å²) >= 11 is 0. The van der Waals surface area contributed by atoms with E-state index < -0.39 is 0 Å². The molecule has 1 fully saturated rings. The lowest BCUT2D eigenvalue weighted by atomic mass is 10.1. The van der Waals surface area contributed by atoms with Crippen LogP contribution in [0, 0.1) is 0 Å². The van der Waals surface area contributed by atoms with Crippen molar-refractivity contribution in [3.63, 3.8) is 0 Å². The minimum absolute atomic E-state index is 0.0659. The van der Waals surface area contributed by atoms with Crippen molar-refractivity contribution in [1.29, 1.82) is 0 Å². The van der Waals surface area contributed by atoms with Gasteiger partial charge < -0.3 is 16.0 Å². The van der Waals surface area contributed by atoms with Gasteiger partial charge in [0.25, 0.3) is 0 Å². The van der Waals surface area contributed by atoms with Crippen LogP contribution in [0.25, 0.3) is 0 Å². The zero-order valence-corrected chi connectivity index (χ0v) is 17.9. The Labute approximate surface area is 179 Å². The van der Waals surface area contributed by atoms with Gasteiger partial charge in [-0.05, 0) is 42.6 Å². The van der Waals surface area contributed by atoms with Gasteiger partial charge in [0, 0.05) is 26.7 Å². The number of aliphatic imine (C=N–C) groups is 1. The number of benzene rings is 2. The Morgan fingerprint density at radius 3 is 2.17 bits per heavy atom. The first kappa shape index (κ1) is 21.8. The molecule has 0 bridgehead atoms. The minimum Gasteiger partial charge on any atom is -0.352 e. The summed E-state index contributed by atoms with van der Waals surface area (Å²) in [6, 6.07) is 18.6. The van der Waals surface area contributed by atoms with Crippen molar-refractivity contribution in [2.75, 3.05) is 26.7 Å². The summed E-state index contributed by atoms with van der Waals surface area (Å²) in [5.74, 6) is 0.547. The second kappa shape index (κ2) is 12.0. The first-order chi connectivity index (χ1) is 14.7. The molecule has 1 amide bonds. The highest BCUT2D eigenvalue weighted by Gasteiger charge is 2.10. The number of hydrogen-bond acceptors (Lipinski definition) is 3. The Hall–Kier alpha value is -2.86. The summed E-state index contributed by atoms with van der Waals surface area (Å²) in [7, 11) is 1.71. The topological polar surface area (TPSA) is 68.8 Å². The number of guanidine groups is 1. The molecule has 6 heteroatoms. The van der Waals surface area contributed by atoms with Crippen molar-refractivity contribution in [3.05, 3.63) is 71.3 Å². The summed E-state index contributed by atoms with van der Waals surface area (Å²) in [5.41, 5.74) is 3.63. The molecule has 160 valence electrons. The maximum atomic E-state index is 12.1. The van der Waals surface area contributed by atoms with Gasteiger partial charge in [0.05, 0.1) is 6.54 Å². The molecule has 2 aromatic carbocycles. The number of amides is 1. The van der Waals surface area contributed by atoms with Gasteiger partial charge in [-0.15, -0.1) is 0 Å². The third kappa shape index (κ3) is 7.52. The molecule has 3 N–H and O–H groups in total. The van der Waals surface area contributed by atoms with Crippen LogP contribution in [-0.4, -0.2) is 43.4 Å². The standard InChI is InChI=1S/C24H33N5O/c1-25-24(28-18-23(30)26-16-20-8-4-2-5-9-20)27-17-21-10-12-22(13-11-21)19-29-14-6-3-7-15-29/h2,4-5,8-13H,3,6-7,14-19H2,1H3,(H,26,30)(H2,25,27,28). The highest BCUT2D eigenvalue weighted by molar-refractivity contribution is 5.86. The third-order valence-electron chi connectivity index (χ3n) is 5.31. The molecule has 1 aliphatic rings. The fraction of sp³-hybridized carbons (Fsp3) is 0.417. The molecule has 0 spiro atoms. The van der Waals surface area contributed by atoms with E-state index in [1.165, 1.54) is 43.5 Å². The van der Waals surface area contributed by atoms with Crippen LogP contribution in [-0.2, 0) is 24.4 Å². The lowest BCUT2D eigenvalue weighted by molar-refractivity contribution is -0.120. The molecule has 0 unspecified atom stereocenters. The molecule has 3 rings (SSSR count). The van der Waals surface area contributed by atoms with Crippen LogP contribution in [0.5, 0.6) is 0 Å². The Bertz CT molecular complexity index is 798. The number of nitrogens with zero attached hydrogens (tertiary/aromatic N) is 2. The predicted octanol–water partition coefficient (Wildman–Crippen LogP) is 2.65. The van der Waals surface area contributed by atoms with E-state index in [0.29, 0.717) is 19.0 Å². The van der Waals surface area contributed by atoms with Crippen LogP contribution >= 0.6 is 0 Å². The van der Waals surface area contributed by atoms with Gasteiger partial charge in [-0.25, -0.2) is 0 Å². The van der Waals surface area contributed by atoms with Gasteiger partial charge in [-0.3, -0.25) is 14.7 Å². The molecular formula is C24H33N5O. The van der Waals surface area contributed by atoms with Crippen molar-refractivity contribution < 1.29 is 4.79 Å². The molecular weight excluding hydrogens is 374 g/mol. The molecule has 1 aliphatic heterocycles. The molecule has 6 nitrogen and oxygen atoms in total. The second-order valence-corrected chi connectivity index (χ2v) is 7.69. The second-order valence-electron chi connectivity index (χ2n) is 7.69. The van der Waals surface area contributed by atoms with Crippen LogP contribution < -0.4 is 16.0 Å². The van der Waals surface area contributed by atoms with E-state index in [2.05, 4.69) is 50.1 Å². The fourth-order valence-corrected chi connectivity index (χ4v) is 3.57. The van der Waals surface area contributed by atoms with Crippen molar-refractivity contribution >= 4 is 11.9 Å². The quantitative estimate of drug-likeness (QED) is 0.465. The maximum Gasteiger partial charge on any atom is 0.239 e. The fourth-order valence-electron chi connectivity index (χ4n) is 3.57. The SMILES string of the molecule is CN=C(NCC(=O)NCc1ccccc1)NCc1ccc(CN2CCCCC2)cc1. The van der Waals surface area contributed by atoms with E-state index in [0.717, 1.165) is 12.1 Å². The predicted molar refractivity (Wildman–Crippen MR) is 122 cm³/mol. The molecule has 2 aromatic rings. The van der Waals surface area contributed by atoms with Gasteiger partial charge in [-0.2, -0.15) is 0 Å². The summed E-state index contributed by atoms with van der Waals surface area (Å²) in [5, 5.41) is 9.23. The van der Waals surface area contributed by atoms with Gasteiger partial charge in [0.2, 0.25) is 5.91 Å². The number of carbonyl (C=O) groups excluding carboxylic acids is 1. The average Bonchev–Trinajstić information content (AvgIpc) is 2.80. The summed E-state index contributed by atoms with van der Waals surface area (Å²) < 4.78 is 0. The number of piperidine rings is 1. The molecule has 1 saturated heterocycles. The molecule has 0 atom stereocenters. The molecule has 0 radical (unpaired) electrons. The van der Waals surface area contributed by atoms with Gasteiger partial charge in [-0.1, -0.05) is 61.0 Å². The van der Waals surface area contributed by atoms with E-state index in [-0.39, 0.29) is 12.5 Å². The highest BCUT2D eigenvalue weighted by Crippen LogP contribution is 2.13. The largest absolute Gasteiger partial charge is 0.352 e. The first-order valence-corrected chi connectivity index (χ1v) is 10.8. The van der Waals surface area contributed by atoms with Gasteiger partial charge in [0.1, 0.15) is 0 Å². The summed E-state index contributed by atoms with van der Waals surface area (Å²) in [6.45, 7) is 4.83. The number of hydrogen-bond donors (Lipinski definition) is 3. The van der Waals surface area contributed by atoms with Crippen molar-refractivity contribution in [1.82, 2.24) is 20.9 Å². The average molecular weight is 408 g/mol. The zero-order chi connectivity index (χ0) is 21.0. The lowest BCUT2D eigenvalue weighted by Gasteiger charge is -2.26. The van der Waals surface area contributed by atoms with Crippen LogP contribution in [0.4, 0.5) is 0 Å². The van der Waals surface area contributed by atoms with Crippen molar-refractivity contribution in [2.45, 2.75) is 38.9 Å². The van der Waals surface area contributed by atoms with E-state index in [4.69, 9.17) is 0 Å². The number of nitrogens with one attached hydrogen (secondary N) is 3. The normalized spacial score (nSPS) is 14.9. The van der Waals surface area contributed by atoms with Crippen LogP contribution in [0.3, 0.4) is 0 Å². The number of likely N-dealkylation sites (tertiary alicyclic amines) is 1. The van der Waals surface area contributed by atoms with Crippen LogP contribution in [0.1, 0.15) is 36.0 Å². The van der Waals surface area contributed by atoms with Crippen LogP contribution in [0.15, 0.2) is 59.6 Å². The monoisotopic (exact) mass is 407 g/mol.